The molecule has 0 aliphatic rings. The third-order valence-electron chi connectivity index (χ3n) is 3.01. The summed E-state index contributed by atoms with van der Waals surface area (Å²) in [5.41, 5.74) is 7.73. The second-order valence-electron chi connectivity index (χ2n) is 4.71. The lowest BCUT2D eigenvalue weighted by atomic mass is 10.2. The molecule has 112 valence electrons. The highest BCUT2D eigenvalue weighted by atomic mass is 35.5. The monoisotopic (exact) mass is 344 g/mol. The van der Waals surface area contributed by atoms with Gasteiger partial charge in [-0.1, -0.05) is 29.3 Å². The van der Waals surface area contributed by atoms with Crippen molar-refractivity contribution in [3.8, 4) is 0 Å². The van der Waals surface area contributed by atoms with Gasteiger partial charge in [-0.15, -0.1) is 0 Å². The van der Waals surface area contributed by atoms with Crippen molar-refractivity contribution in [1.29, 1.82) is 0 Å². The zero-order valence-corrected chi connectivity index (χ0v) is 13.8. The zero-order chi connectivity index (χ0) is 15.8. The fourth-order valence-electron chi connectivity index (χ4n) is 1.83. The van der Waals surface area contributed by atoms with Crippen LogP contribution in [0.2, 0.25) is 10.0 Å². The number of sulfonamides is 1. The first-order valence-corrected chi connectivity index (χ1v) is 8.29. The van der Waals surface area contributed by atoms with Crippen LogP contribution in [0.1, 0.15) is 11.1 Å². The Balaban J connectivity index is 2.46. The fourth-order valence-corrected chi connectivity index (χ4v) is 3.35. The van der Waals surface area contributed by atoms with Gasteiger partial charge in [0.15, 0.2) is 0 Å². The second kappa shape index (κ2) is 5.75. The molecule has 0 bridgehead atoms. The Morgan fingerprint density at radius 2 is 1.71 bits per heavy atom. The van der Waals surface area contributed by atoms with Crippen LogP contribution in [0, 0.1) is 13.8 Å². The van der Waals surface area contributed by atoms with Gasteiger partial charge in [0.25, 0.3) is 10.0 Å². The summed E-state index contributed by atoms with van der Waals surface area (Å²) in [5, 5.41) is 0.804. The van der Waals surface area contributed by atoms with E-state index in [0.29, 0.717) is 21.3 Å². The van der Waals surface area contributed by atoms with Crippen LogP contribution in [-0.4, -0.2) is 8.42 Å². The Bertz CT molecular complexity index is 782. The molecule has 21 heavy (non-hydrogen) atoms. The van der Waals surface area contributed by atoms with Crippen LogP contribution in [-0.2, 0) is 10.0 Å². The number of nitrogens with one attached hydrogen (secondary N) is 1. The number of nitrogen functional groups attached to an aromatic ring is 1. The highest BCUT2D eigenvalue weighted by molar-refractivity contribution is 7.92. The molecule has 0 saturated heterocycles. The van der Waals surface area contributed by atoms with Crippen molar-refractivity contribution in [3.05, 3.63) is 51.5 Å². The molecule has 7 heteroatoms. The molecule has 0 heterocycles. The normalized spacial score (nSPS) is 11.4. The minimum Gasteiger partial charge on any atom is -0.397 e. The number of aryl methyl sites for hydroxylation is 2. The average molecular weight is 345 g/mol. The minimum absolute atomic E-state index is 0.0567. The van der Waals surface area contributed by atoms with Crippen LogP contribution >= 0.6 is 23.2 Å². The largest absolute Gasteiger partial charge is 0.397 e. The topological polar surface area (TPSA) is 72.2 Å². The molecule has 2 rings (SSSR count). The maximum atomic E-state index is 12.4. The van der Waals surface area contributed by atoms with Gasteiger partial charge in [0.2, 0.25) is 0 Å². The van der Waals surface area contributed by atoms with Gasteiger partial charge < -0.3 is 5.73 Å². The van der Waals surface area contributed by atoms with Crippen LogP contribution in [0.4, 0.5) is 11.4 Å². The standard InChI is InChI=1S/C14H14Cl2N2O2S/c1-8-3-4-10(15)6-13(8)18-21(19,20)11-5-9(2)14(16)12(17)7-11/h3-7,18H,17H2,1-2H3. The van der Waals surface area contributed by atoms with Gasteiger partial charge in [-0.3, -0.25) is 4.72 Å². The van der Waals surface area contributed by atoms with E-state index in [0.717, 1.165) is 5.56 Å². The summed E-state index contributed by atoms with van der Waals surface area (Å²) in [6.07, 6.45) is 0. The molecular weight excluding hydrogens is 331 g/mol. The minimum atomic E-state index is -3.76. The summed E-state index contributed by atoms with van der Waals surface area (Å²) in [4.78, 5) is 0.0567. The molecule has 0 aromatic heterocycles. The molecular formula is C14H14Cl2N2O2S. The maximum absolute atomic E-state index is 12.4. The fraction of sp³-hybridized carbons (Fsp3) is 0.143. The molecule has 3 N–H and O–H groups in total. The highest BCUT2D eigenvalue weighted by Crippen LogP contribution is 2.29. The summed E-state index contributed by atoms with van der Waals surface area (Å²) in [6, 6.07) is 7.79. The molecule has 0 spiro atoms. The van der Waals surface area contributed by atoms with Crippen molar-refractivity contribution in [2.45, 2.75) is 18.7 Å². The van der Waals surface area contributed by atoms with E-state index in [2.05, 4.69) is 4.72 Å². The maximum Gasteiger partial charge on any atom is 0.261 e. The van der Waals surface area contributed by atoms with Crippen molar-refractivity contribution in [2.75, 3.05) is 10.5 Å². The smallest absolute Gasteiger partial charge is 0.261 e. The summed E-state index contributed by atoms with van der Waals surface area (Å²) >= 11 is 11.8. The SMILES string of the molecule is Cc1ccc(Cl)cc1NS(=O)(=O)c1cc(C)c(Cl)c(N)c1. The molecule has 2 aromatic carbocycles. The van der Waals surface area contributed by atoms with Crippen molar-refractivity contribution in [1.82, 2.24) is 0 Å². The molecule has 4 nitrogen and oxygen atoms in total. The first-order chi connectivity index (χ1) is 9.70. The van der Waals surface area contributed by atoms with Crippen molar-refractivity contribution >= 4 is 44.6 Å². The first kappa shape index (κ1) is 15.9. The predicted octanol–water partition coefficient (Wildman–Crippen LogP) is 3.99. The summed E-state index contributed by atoms with van der Waals surface area (Å²) in [5.74, 6) is 0. The lowest BCUT2D eigenvalue weighted by Gasteiger charge is -2.13. The van der Waals surface area contributed by atoms with Gasteiger partial charge in [-0.05, 0) is 49.2 Å². The molecule has 2 aromatic rings. The molecule has 0 saturated carbocycles. The van der Waals surface area contributed by atoms with E-state index in [4.69, 9.17) is 28.9 Å². The van der Waals surface area contributed by atoms with E-state index in [1.807, 2.05) is 0 Å². The van der Waals surface area contributed by atoms with Crippen LogP contribution in [0.3, 0.4) is 0 Å². The van der Waals surface area contributed by atoms with Crippen molar-refractivity contribution in [2.24, 2.45) is 0 Å². The third-order valence-corrected chi connectivity index (χ3v) is 5.11. The number of nitrogens with two attached hydrogens (primary N) is 1. The second-order valence-corrected chi connectivity index (χ2v) is 7.20. The van der Waals surface area contributed by atoms with E-state index in [-0.39, 0.29) is 10.6 Å². The number of anilines is 2. The van der Waals surface area contributed by atoms with E-state index < -0.39 is 10.0 Å². The van der Waals surface area contributed by atoms with Gasteiger partial charge in [0, 0.05) is 5.02 Å². The number of halogens is 2. The van der Waals surface area contributed by atoms with Gasteiger partial charge in [-0.25, -0.2) is 8.42 Å². The molecule has 0 atom stereocenters. The van der Waals surface area contributed by atoms with Crippen LogP contribution < -0.4 is 10.5 Å². The van der Waals surface area contributed by atoms with Gasteiger partial charge in [0.1, 0.15) is 0 Å². The van der Waals surface area contributed by atoms with Crippen LogP contribution in [0.5, 0.6) is 0 Å². The summed E-state index contributed by atoms with van der Waals surface area (Å²) in [6.45, 7) is 3.48. The molecule has 0 unspecified atom stereocenters. The Labute approximate surface area is 133 Å². The Morgan fingerprint density at radius 3 is 2.33 bits per heavy atom. The van der Waals surface area contributed by atoms with Gasteiger partial charge >= 0.3 is 0 Å². The summed E-state index contributed by atoms with van der Waals surface area (Å²) < 4.78 is 27.4. The van der Waals surface area contributed by atoms with Crippen LogP contribution in [0.25, 0.3) is 0 Å². The Hall–Kier alpha value is -1.43. The number of hydrogen-bond acceptors (Lipinski definition) is 3. The summed E-state index contributed by atoms with van der Waals surface area (Å²) in [7, 11) is -3.76. The number of rotatable bonds is 3. The van der Waals surface area contributed by atoms with E-state index >= 15 is 0 Å². The Kier molecular flexibility index (Phi) is 4.37. The molecule has 0 aliphatic carbocycles. The van der Waals surface area contributed by atoms with Gasteiger partial charge in [-0.2, -0.15) is 0 Å². The van der Waals surface area contributed by atoms with Gasteiger partial charge in [0.05, 0.1) is 21.3 Å². The molecule has 0 radical (unpaired) electrons. The molecule has 0 aliphatic heterocycles. The number of benzene rings is 2. The highest BCUT2D eigenvalue weighted by Gasteiger charge is 2.18. The predicted molar refractivity (Wildman–Crippen MR) is 87.6 cm³/mol. The third kappa shape index (κ3) is 3.43. The average Bonchev–Trinajstić information content (AvgIpc) is 2.39. The molecule has 0 amide bonds. The number of hydrogen-bond donors (Lipinski definition) is 2. The van der Waals surface area contributed by atoms with Crippen molar-refractivity contribution < 1.29 is 8.42 Å². The zero-order valence-electron chi connectivity index (χ0n) is 11.4. The first-order valence-electron chi connectivity index (χ1n) is 6.05. The lowest BCUT2D eigenvalue weighted by Crippen LogP contribution is -2.14. The van der Waals surface area contributed by atoms with E-state index in [1.165, 1.54) is 12.1 Å². The Morgan fingerprint density at radius 1 is 1.05 bits per heavy atom. The molecule has 0 fully saturated rings. The van der Waals surface area contributed by atoms with E-state index in [1.54, 1.807) is 32.0 Å². The quantitative estimate of drug-likeness (QED) is 0.826. The van der Waals surface area contributed by atoms with E-state index in [9.17, 15) is 8.42 Å². The van der Waals surface area contributed by atoms with Crippen molar-refractivity contribution in [3.63, 3.8) is 0 Å². The van der Waals surface area contributed by atoms with Crippen LogP contribution in [0.15, 0.2) is 35.2 Å². The lowest BCUT2D eigenvalue weighted by molar-refractivity contribution is 0.601.